The molecule has 0 aliphatic rings. The first-order valence-corrected chi connectivity index (χ1v) is 3.76. The summed E-state index contributed by atoms with van der Waals surface area (Å²) < 4.78 is 0. The van der Waals surface area contributed by atoms with Gasteiger partial charge in [-0.1, -0.05) is 6.92 Å². The van der Waals surface area contributed by atoms with E-state index >= 15 is 0 Å². The molecule has 0 aliphatic carbocycles. The molecule has 0 aromatic heterocycles. The van der Waals surface area contributed by atoms with Crippen molar-refractivity contribution in [2.75, 3.05) is 0 Å². The Kier molecular flexibility index (Phi) is 4.79. The maximum absolute atomic E-state index is 10.3. The van der Waals surface area contributed by atoms with Crippen molar-refractivity contribution in [2.45, 2.75) is 13.3 Å². The molecular weight excluding hydrogens is 156 g/mol. The third-order valence-electron chi connectivity index (χ3n) is 1.48. The van der Waals surface area contributed by atoms with E-state index in [1.54, 1.807) is 6.08 Å². The highest BCUT2D eigenvalue weighted by atomic mass is 16.6. The minimum atomic E-state index is -0.466. The molecule has 0 bridgehead atoms. The van der Waals surface area contributed by atoms with Crippen molar-refractivity contribution in [3.05, 3.63) is 41.1 Å². The fourth-order valence-corrected chi connectivity index (χ4v) is 0.574. The molecule has 0 radical (unpaired) electrons. The van der Waals surface area contributed by atoms with Gasteiger partial charge in [0.15, 0.2) is 6.20 Å². The van der Waals surface area contributed by atoms with E-state index < -0.39 is 4.92 Å². The van der Waals surface area contributed by atoms with Gasteiger partial charge in [0.05, 0.1) is 11.8 Å². The molecule has 0 amide bonds. The average molecular weight is 170 g/mol. The second kappa shape index (κ2) is 5.37. The molecule has 4 nitrogen and oxygen atoms in total. The molecule has 1 atom stereocenters. The zero-order valence-corrected chi connectivity index (χ0v) is 7.19. The molecule has 3 N–H and O–H groups in total. The maximum atomic E-state index is 10.3. The third kappa shape index (κ3) is 3.78. The lowest BCUT2D eigenvalue weighted by atomic mass is 10.1. The van der Waals surface area contributed by atoms with Crippen molar-refractivity contribution in [3.8, 4) is 0 Å². The van der Waals surface area contributed by atoms with Crippen LogP contribution in [0.4, 0.5) is 0 Å². The Bertz CT molecular complexity index is 209. The second-order valence-corrected chi connectivity index (χ2v) is 2.41. The van der Waals surface area contributed by atoms with Gasteiger partial charge in [-0.25, -0.2) is 0 Å². The lowest BCUT2D eigenvalue weighted by molar-refractivity contribution is -0.431. The molecule has 0 fully saturated rings. The molecule has 1 unspecified atom stereocenters. The Morgan fingerprint density at radius 3 is 2.75 bits per heavy atom. The molecule has 0 rings (SSSR count). The molecule has 0 aliphatic heterocycles. The zero-order valence-electron chi connectivity index (χ0n) is 7.19. The predicted octanol–water partition coefficient (Wildman–Crippen LogP) is 0.763. The number of nitrogens with zero attached hydrogens (tertiary/aromatic N) is 1. The van der Waals surface area contributed by atoms with Gasteiger partial charge in [-0.2, -0.15) is 0 Å². The van der Waals surface area contributed by atoms with Crippen molar-refractivity contribution in [3.63, 3.8) is 0 Å². The number of hydrogen-bond acceptors (Lipinski definition) is 2. The van der Waals surface area contributed by atoms with Crippen LogP contribution in [0.5, 0.6) is 0 Å². The van der Waals surface area contributed by atoms with Crippen LogP contribution in [0.1, 0.15) is 13.3 Å². The van der Waals surface area contributed by atoms with Gasteiger partial charge >= 0.3 is 5.70 Å². The standard InChI is InChI=1S/C8H13N2O2/c1-3-7(2)4-5-8(6-9)10(11)12/h4-7H,2-3,9H2,1H3/q+1/p+1. The van der Waals surface area contributed by atoms with Gasteiger partial charge in [0.1, 0.15) is 5.92 Å². The molecule has 0 saturated heterocycles. The van der Waals surface area contributed by atoms with E-state index in [2.05, 4.69) is 12.7 Å². The Hall–Kier alpha value is -1.29. The number of rotatable bonds is 4. The number of nitro groups is 1. The van der Waals surface area contributed by atoms with Crippen LogP contribution in [0.3, 0.4) is 0 Å². The number of hydrogen-bond donors (Lipinski definition) is 1. The Balaban J connectivity index is 4.22. The van der Waals surface area contributed by atoms with Crippen molar-refractivity contribution >= 4 is 0 Å². The van der Waals surface area contributed by atoms with Gasteiger partial charge in [-0.15, -0.1) is 0 Å². The van der Waals surface area contributed by atoms with Gasteiger partial charge in [-0.05, 0) is 12.5 Å². The SMILES string of the molecule is [CH2+]C(C=CC(=C[NH3+])[N+](=O)[O-])CC. The first-order valence-electron chi connectivity index (χ1n) is 3.76. The Morgan fingerprint density at radius 1 is 1.83 bits per heavy atom. The molecule has 0 aromatic rings. The van der Waals surface area contributed by atoms with Gasteiger partial charge in [-0.3, -0.25) is 10.1 Å². The summed E-state index contributed by atoms with van der Waals surface area (Å²) >= 11 is 0. The number of quaternary nitrogens is 1. The Labute approximate surface area is 71.9 Å². The summed E-state index contributed by atoms with van der Waals surface area (Å²) in [5.74, 6) is 0.125. The average Bonchev–Trinajstić information content (AvgIpc) is 2.04. The van der Waals surface area contributed by atoms with Crippen molar-refractivity contribution in [1.29, 1.82) is 0 Å². The smallest absolute Gasteiger partial charge is 0.321 e. The van der Waals surface area contributed by atoms with Crippen molar-refractivity contribution in [2.24, 2.45) is 5.92 Å². The summed E-state index contributed by atoms with van der Waals surface area (Å²) in [6.07, 6.45) is 5.24. The molecule has 0 saturated carbocycles. The van der Waals surface area contributed by atoms with Crippen LogP contribution in [-0.2, 0) is 0 Å². The molecule has 4 heteroatoms. The number of allylic oxidation sites excluding steroid dienone is 2. The first-order chi connectivity index (χ1) is 5.61. The van der Waals surface area contributed by atoms with E-state index in [9.17, 15) is 10.1 Å². The minimum Gasteiger partial charge on any atom is -0.326 e. The highest BCUT2D eigenvalue weighted by Crippen LogP contribution is 2.04. The highest BCUT2D eigenvalue weighted by Gasteiger charge is 2.07. The predicted molar refractivity (Wildman–Crippen MR) is 46.2 cm³/mol. The summed E-state index contributed by atoms with van der Waals surface area (Å²) in [6.45, 7) is 5.74. The summed E-state index contributed by atoms with van der Waals surface area (Å²) in [5, 5.41) is 10.3. The monoisotopic (exact) mass is 170 g/mol. The van der Waals surface area contributed by atoms with Crippen molar-refractivity contribution < 1.29 is 10.7 Å². The van der Waals surface area contributed by atoms with Gasteiger partial charge in [0.25, 0.3) is 0 Å². The van der Waals surface area contributed by atoms with Gasteiger partial charge < -0.3 is 5.73 Å². The van der Waals surface area contributed by atoms with Crippen LogP contribution >= 0.6 is 0 Å². The first kappa shape index (κ1) is 10.7. The van der Waals surface area contributed by atoms with Crippen molar-refractivity contribution in [1.82, 2.24) is 0 Å². The molecule has 12 heavy (non-hydrogen) atoms. The summed E-state index contributed by atoms with van der Waals surface area (Å²) in [4.78, 5) is 9.79. The zero-order chi connectivity index (χ0) is 9.56. The maximum Gasteiger partial charge on any atom is 0.321 e. The lowest BCUT2D eigenvalue weighted by Crippen LogP contribution is -2.40. The summed E-state index contributed by atoms with van der Waals surface area (Å²) in [7, 11) is 0. The largest absolute Gasteiger partial charge is 0.326 e. The summed E-state index contributed by atoms with van der Waals surface area (Å²) in [6, 6.07) is 0. The van der Waals surface area contributed by atoms with E-state index in [0.717, 1.165) is 6.42 Å². The molecule has 0 aromatic carbocycles. The van der Waals surface area contributed by atoms with Gasteiger partial charge in [0.2, 0.25) is 0 Å². The van der Waals surface area contributed by atoms with Crippen LogP contribution in [0.25, 0.3) is 0 Å². The minimum absolute atomic E-state index is 0.0112. The van der Waals surface area contributed by atoms with Crippen LogP contribution in [-0.4, -0.2) is 4.92 Å². The highest BCUT2D eigenvalue weighted by molar-refractivity contribution is 5.09. The van der Waals surface area contributed by atoms with E-state index in [-0.39, 0.29) is 11.6 Å². The van der Waals surface area contributed by atoms with Crippen LogP contribution in [0.15, 0.2) is 24.0 Å². The Morgan fingerprint density at radius 2 is 2.42 bits per heavy atom. The molecule has 0 heterocycles. The van der Waals surface area contributed by atoms with E-state index in [1.165, 1.54) is 12.3 Å². The van der Waals surface area contributed by atoms with Crippen LogP contribution < -0.4 is 5.73 Å². The van der Waals surface area contributed by atoms with Gasteiger partial charge in [0, 0.05) is 6.08 Å². The molecule has 66 valence electrons. The molecule has 0 spiro atoms. The van der Waals surface area contributed by atoms with E-state index in [4.69, 9.17) is 0 Å². The summed E-state index contributed by atoms with van der Waals surface area (Å²) in [5.41, 5.74) is 3.35. The fourth-order valence-electron chi connectivity index (χ4n) is 0.574. The van der Waals surface area contributed by atoms with Crippen LogP contribution in [0, 0.1) is 23.0 Å². The quantitative estimate of drug-likeness (QED) is 0.293. The topological polar surface area (TPSA) is 70.8 Å². The second-order valence-electron chi connectivity index (χ2n) is 2.41. The third-order valence-corrected chi connectivity index (χ3v) is 1.48. The van der Waals surface area contributed by atoms with Crippen LogP contribution in [0.2, 0.25) is 0 Å². The normalized spacial score (nSPS) is 15.0. The molecular formula is C8H14N2O2+2. The van der Waals surface area contributed by atoms with E-state index in [0.29, 0.717) is 0 Å². The fraction of sp³-hybridized carbons (Fsp3) is 0.375. The lowest BCUT2D eigenvalue weighted by Gasteiger charge is -1.90. The van der Waals surface area contributed by atoms with E-state index in [1.807, 2.05) is 6.92 Å².